The molecule has 0 saturated heterocycles. The van der Waals surface area contributed by atoms with Gasteiger partial charge in [0.2, 0.25) is 0 Å². The highest BCUT2D eigenvalue weighted by molar-refractivity contribution is 7.72. The predicted molar refractivity (Wildman–Crippen MR) is 159 cm³/mol. The van der Waals surface area contributed by atoms with Crippen molar-refractivity contribution >= 4 is 79.5 Å². The normalized spacial score (nSPS) is 15.2. The number of carboxylic acids is 3. The minimum atomic E-state index is -5.32. The van der Waals surface area contributed by atoms with Gasteiger partial charge in [0, 0.05) is 7.70 Å². The molecule has 0 aliphatic carbocycles. The van der Waals surface area contributed by atoms with Crippen LogP contribution < -0.4 is 0 Å². The van der Waals surface area contributed by atoms with Crippen molar-refractivity contribution in [2.75, 3.05) is 25.5 Å². The van der Waals surface area contributed by atoms with Gasteiger partial charge in [-0.1, -0.05) is 6.66 Å². The van der Waals surface area contributed by atoms with Crippen LogP contribution >= 0.6 is 54.0 Å². The van der Waals surface area contributed by atoms with Crippen LogP contribution in [0.5, 0.6) is 0 Å². The van der Waals surface area contributed by atoms with E-state index in [1.165, 1.54) is 0 Å². The highest BCUT2D eigenvalue weighted by atomic mass is 31.2. The molecular weight excluding hydrogens is 798 g/mol. The van der Waals surface area contributed by atoms with Crippen LogP contribution in [-0.2, 0) is 41.8 Å². The summed E-state index contributed by atoms with van der Waals surface area (Å²) in [5.74, 6) is -5.25. The lowest BCUT2D eigenvalue weighted by molar-refractivity contribution is -0.148. The van der Waals surface area contributed by atoms with Gasteiger partial charge < -0.3 is 79.1 Å². The van der Waals surface area contributed by atoms with E-state index in [-0.39, 0.29) is 0 Å². The third-order valence-electron chi connectivity index (χ3n) is 4.41. The van der Waals surface area contributed by atoms with Crippen LogP contribution in [0.3, 0.4) is 0 Å². The van der Waals surface area contributed by atoms with Crippen molar-refractivity contribution in [1.82, 2.24) is 4.90 Å². The number of carbonyl (C=O) groups is 3. The topological polar surface area (TPSA) is 481 Å². The van der Waals surface area contributed by atoms with Crippen LogP contribution in [0.15, 0.2) is 0 Å². The summed E-state index contributed by atoms with van der Waals surface area (Å²) in [6.45, 7) is 2.06. The molecule has 34 heteroatoms. The molecular formula is C13H35BNO25P7. The van der Waals surface area contributed by atoms with Gasteiger partial charge in [-0.05, 0) is 13.3 Å². The first-order valence-electron chi connectivity index (χ1n) is 11.4. The third kappa shape index (κ3) is 25.3. The fraction of sp³-hybridized carbons (Fsp3) is 0.769. The summed E-state index contributed by atoms with van der Waals surface area (Å²) in [6.07, 6.45) is -6.57. The van der Waals surface area contributed by atoms with E-state index >= 15 is 0 Å². The maximum Gasteiger partial charge on any atom is 0.369 e. The Kier molecular flexibility index (Phi) is 22.3. The Morgan fingerprint density at radius 3 is 1.09 bits per heavy atom. The zero-order valence-corrected chi connectivity index (χ0v) is 30.0. The minimum absolute atomic E-state index is 0.336. The van der Waals surface area contributed by atoms with Crippen LogP contribution in [-0.4, -0.2) is 147 Å². The zero-order valence-electron chi connectivity index (χ0n) is 24.7. The SMILES string of the molecule is CC(O)(P(=O)(O)O)P(=O)(O)O.O=C(O)CCC(CC(=O)O)(C(=O)O)P(=O)(O)O.O=P(O)(O)CN(CP(=O)(O)O)CP(=O)(O)O.[3H]P([B])C. The Labute approximate surface area is 268 Å². The molecule has 16 N–H and O–H groups in total. The summed E-state index contributed by atoms with van der Waals surface area (Å²) >= 11 is 0. The van der Waals surface area contributed by atoms with Gasteiger partial charge in [-0.2, -0.15) is 8.40 Å². The monoisotopic (exact) mass is 835 g/mol. The molecule has 0 aromatic heterocycles. The van der Waals surface area contributed by atoms with Crippen molar-refractivity contribution in [1.29, 1.82) is 1.28 Å². The number of aliphatic carboxylic acids is 3. The Hall–Kier alpha value is -0.275. The molecule has 0 aliphatic heterocycles. The standard InChI is InChI=1S/C7H11O9P.C3H12NO9P3.C2H8O7P2.CH4BP/c8-4(9)1-2-7(6(12)13,3-5(10)11)17(14,15)16;5-14(6,7)1-4(2-15(8,9)10)3-16(11,12)13;1-2(3,10(4,5)6)11(7,8)9;1-3-2/h1-3H2,(H,8,9)(H,10,11)(H,12,13)(H2,14,15,16);1-3H2,(H2,5,6,7)(H2,8,9,10)(H2,11,12,13);3H,1H3,(H2,4,5,6)(H2,7,8,9);3H,1H3/i;;;3T. The lowest BCUT2D eigenvalue weighted by Crippen LogP contribution is -2.41. The van der Waals surface area contributed by atoms with Crippen LogP contribution in [0.2, 0.25) is 0 Å². The van der Waals surface area contributed by atoms with Crippen molar-refractivity contribution in [2.45, 2.75) is 36.4 Å². The smallest absolute Gasteiger partial charge is 0.369 e. The van der Waals surface area contributed by atoms with E-state index < -0.39 is 120 Å². The molecule has 47 heavy (non-hydrogen) atoms. The maximum absolute atomic E-state index is 11.1. The molecule has 0 aromatic rings. The van der Waals surface area contributed by atoms with Gasteiger partial charge in [0.05, 0.1) is 6.42 Å². The van der Waals surface area contributed by atoms with Crippen molar-refractivity contribution in [2.24, 2.45) is 0 Å². The molecule has 0 saturated carbocycles. The van der Waals surface area contributed by atoms with E-state index in [1.807, 2.05) is 0 Å². The van der Waals surface area contributed by atoms with Crippen LogP contribution in [0.4, 0.5) is 0 Å². The number of hydrogen-bond donors (Lipinski definition) is 16. The van der Waals surface area contributed by atoms with Crippen molar-refractivity contribution in [3.63, 3.8) is 0 Å². The molecule has 0 fully saturated rings. The summed E-state index contributed by atoms with van der Waals surface area (Å²) < 4.78 is 69.7. The van der Waals surface area contributed by atoms with E-state index in [4.69, 9.17) is 88.0 Å². The van der Waals surface area contributed by atoms with Crippen LogP contribution in [0, 0.1) is 0 Å². The van der Waals surface area contributed by atoms with Gasteiger partial charge in [-0.25, -0.2) is 0 Å². The second-order valence-corrected chi connectivity index (χ2v) is 20.3. The highest BCUT2D eigenvalue weighted by Crippen LogP contribution is 2.67. The number of hydrogen-bond acceptors (Lipinski definition) is 11. The molecule has 26 nitrogen and oxygen atoms in total. The Morgan fingerprint density at radius 2 is 0.957 bits per heavy atom. The molecule has 2 unspecified atom stereocenters. The summed E-state index contributed by atoms with van der Waals surface area (Å²) in [5.41, 5.74) is 0. The summed E-state index contributed by atoms with van der Waals surface area (Å²) in [7, 11) is -25.7. The van der Waals surface area contributed by atoms with E-state index in [0.717, 1.165) is 0 Å². The highest BCUT2D eigenvalue weighted by Gasteiger charge is 2.56. The lowest BCUT2D eigenvalue weighted by atomic mass is 9.98. The Balaban J connectivity index is -0.000000291. The number of rotatable bonds is 15. The van der Waals surface area contributed by atoms with E-state index in [2.05, 4.69) is 0 Å². The van der Waals surface area contributed by atoms with E-state index in [1.54, 1.807) is 6.66 Å². The van der Waals surface area contributed by atoms with Crippen LogP contribution in [0.1, 0.15) is 26.2 Å². The second-order valence-electron chi connectivity index (χ2n) is 8.75. The van der Waals surface area contributed by atoms with Gasteiger partial charge in [0.15, 0.2) is 5.16 Å². The fourth-order valence-electron chi connectivity index (χ4n) is 2.29. The van der Waals surface area contributed by atoms with Gasteiger partial charge >= 0.3 is 63.5 Å². The summed E-state index contributed by atoms with van der Waals surface area (Å²) in [4.78, 5) is 134. The molecule has 2 atom stereocenters. The zero-order chi connectivity index (χ0) is 40.1. The van der Waals surface area contributed by atoms with Gasteiger partial charge in [0.1, 0.15) is 26.4 Å². The molecule has 0 bridgehead atoms. The van der Waals surface area contributed by atoms with Crippen molar-refractivity contribution < 1.29 is 121 Å². The molecule has 0 heterocycles. The maximum atomic E-state index is 11.1. The summed E-state index contributed by atoms with van der Waals surface area (Å²) in [5, 5.41) is 28.1. The first-order chi connectivity index (χ1) is 20.5. The molecule has 0 rings (SSSR count). The van der Waals surface area contributed by atoms with Crippen LogP contribution in [0.25, 0.3) is 0 Å². The van der Waals surface area contributed by atoms with Crippen molar-refractivity contribution in [3.05, 3.63) is 0 Å². The van der Waals surface area contributed by atoms with Gasteiger partial charge in [-0.3, -0.25) is 46.7 Å². The lowest BCUT2D eigenvalue weighted by Gasteiger charge is -2.27. The Morgan fingerprint density at radius 1 is 0.681 bits per heavy atom. The van der Waals surface area contributed by atoms with Crippen molar-refractivity contribution in [3.8, 4) is 0 Å². The van der Waals surface area contributed by atoms with Gasteiger partial charge in [0.25, 0.3) is 5.08 Å². The quantitative estimate of drug-likeness (QED) is 0.0594. The second kappa shape index (κ2) is 20.5. The first kappa shape index (κ1) is 51.1. The van der Waals surface area contributed by atoms with E-state index in [0.29, 0.717) is 11.8 Å². The largest absolute Gasteiger partial charge is 0.481 e. The molecule has 0 aromatic carbocycles. The number of aliphatic hydroxyl groups is 1. The fourth-order valence-corrected chi connectivity index (χ4v) is 7.28. The molecule has 0 aliphatic rings. The average Bonchev–Trinajstić information content (AvgIpc) is 2.70. The average molecular weight is 835 g/mol. The first-order valence-corrected chi connectivity index (χ1v) is 22.6. The minimum Gasteiger partial charge on any atom is -0.481 e. The number of carboxylic acid groups (broad SMARTS) is 3. The predicted octanol–water partition coefficient (Wildman–Crippen LogP) is -2.59. The third-order valence-corrected chi connectivity index (χ3v) is 12.2. The summed E-state index contributed by atoms with van der Waals surface area (Å²) in [6, 6.07) is 0. The number of nitrogens with zero attached hydrogens (tertiary/aromatic N) is 1. The molecule has 2 radical (unpaired) electrons. The molecule has 0 amide bonds. The van der Waals surface area contributed by atoms with E-state index in [9.17, 15) is 41.8 Å². The Bertz CT molecular complexity index is 1270. The molecule has 0 spiro atoms. The van der Waals surface area contributed by atoms with Gasteiger partial charge in [-0.15, -0.1) is 0 Å². The molecule has 280 valence electrons.